The zero-order valence-electron chi connectivity index (χ0n) is 15.4. The number of thioether (sulfide) groups is 1. The number of hydrogen-bond donors (Lipinski definition) is 1. The Balaban J connectivity index is 1.59. The van der Waals surface area contributed by atoms with Gasteiger partial charge in [0.05, 0.1) is 16.3 Å². The summed E-state index contributed by atoms with van der Waals surface area (Å²) < 4.78 is 28.3. The van der Waals surface area contributed by atoms with Crippen LogP contribution in [0, 0.1) is 0 Å². The molecule has 8 heteroatoms. The zero-order chi connectivity index (χ0) is 19.7. The quantitative estimate of drug-likeness (QED) is 0.427. The number of para-hydroxylation sites is 2. The molecule has 5 nitrogen and oxygen atoms in total. The lowest BCUT2D eigenvalue weighted by atomic mass is 10.1. The van der Waals surface area contributed by atoms with Gasteiger partial charge in [-0.1, -0.05) is 55.1 Å². The van der Waals surface area contributed by atoms with Gasteiger partial charge in [0.1, 0.15) is 5.82 Å². The second-order valence-electron chi connectivity index (χ2n) is 6.38. The number of nitrogens with zero attached hydrogens (tertiary/aromatic N) is 4. The molecule has 0 spiro atoms. The molecular weight excluding hydrogens is 380 g/mol. The van der Waals surface area contributed by atoms with Crippen molar-refractivity contribution in [3.05, 3.63) is 59.9 Å². The summed E-state index contributed by atoms with van der Waals surface area (Å²) in [7, 11) is 0. The third kappa shape index (κ3) is 3.52. The predicted octanol–water partition coefficient (Wildman–Crippen LogP) is 5.63. The van der Waals surface area contributed by atoms with Crippen molar-refractivity contribution in [1.29, 1.82) is 0 Å². The van der Waals surface area contributed by atoms with E-state index in [4.69, 9.17) is 0 Å². The lowest BCUT2D eigenvalue weighted by Crippen LogP contribution is -2.06. The molecule has 0 aliphatic carbocycles. The fourth-order valence-electron chi connectivity index (χ4n) is 3.09. The van der Waals surface area contributed by atoms with Crippen LogP contribution in [0.15, 0.2) is 53.7 Å². The van der Waals surface area contributed by atoms with Gasteiger partial charge >= 0.3 is 6.55 Å². The molecule has 2 aromatic carbocycles. The lowest BCUT2D eigenvalue weighted by Gasteiger charge is -2.12. The molecule has 2 heterocycles. The lowest BCUT2D eigenvalue weighted by molar-refractivity contribution is 0.0715. The van der Waals surface area contributed by atoms with E-state index in [0.29, 0.717) is 27.8 Å². The number of aromatic amines is 1. The minimum absolute atomic E-state index is 0.305. The van der Waals surface area contributed by atoms with Crippen LogP contribution in [0.1, 0.15) is 37.0 Å². The van der Waals surface area contributed by atoms with Gasteiger partial charge in [-0.05, 0) is 31.0 Å². The number of hydrogen-bond acceptors (Lipinski definition) is 4. The number of rotatable bonds is 6. The molecule has 2 aromatic heterocycles. The smallest absolute Gasteiger partial charge is 0.269 e. The summed E-state index contributed by atoms with van der Waals surface area (Å²) in [6, 6.07) is 15.0. The van der Waals surface area contributed by atoms with E-state index in [2.05, 4.69) is 39.2 Å². The predicted molar refractivity (Wildman–Crippen MR) is 106 cm³/mol. The van der Waals surface area contributed by atoms with Crippen LogP contribution in [-0.2, 0) is 6.42 Å². The van der Waals surface area contributed by atoms with Crippen LogP contribution in [-0.4, -0.2) is 24.7 Å². The first-order valence-corrected chi connectivity index (χ1v) is 9.88. The van der Waals surface area contributed by atoms with Crippen molar-refractivity contribution in [2.24, 2.45) is 0 Å². The first-order valence-electron chi connectivity index (χ1n) is 9.00. The van der Waals surface area contributed by atoms with Gasteiger partial charge in [0.2, 0.25) is 5.16 Å². The van der Waals surface area contributed by atoms with Crippen LogP contribution >= 0.6 is 11.8 Å². The summed E-state index contributed by atoms with van der Waals surface area (Å²) in [6.45, 7) is 1.27. The number of aryl methyl sites for hydroxylation is 1. The Hall–Kier alpha value is -2.74. The van der Waals surface area contributed by atoms with Gasteiger partial charge in [0.15, 0.2) is 5.82 Å². The van der Waals surface area contributed by atoms with Crippen molar-refractivity contribution < 1.29 is 8.78 Å². The molecule has 4 aromatic rings. The van der Waals surface area contributed by atoms with Gasteiger partial charge in [-0.25, -0.2) is 9.97 Å². The molecule has 144 valence electrons. The highest BCUT2D eigenvalue weighted by Crippen LogP contribution is 2.36. The van der Waals surface area contributed by atoms with E-state index in [1.807, 2.05) is 19.1 Å². The van der Waals surface area contributed by atoms with Crippen LogP contribution in [0.2, 0.25) is 0 Å². The van der Waals surface area contributed by atoms with Crippen LogP contribution in [0.4, 0.5) is 8.78 Å². The second kappa shape index (κ2) is 7.71. The first kappa shape index (κ1) is 18.6. The fraction of sp³-hybridized carbons (Fsp3) is 0.250. The Morgan fingerprint density at radius 2 is 1.82 bits per heavy atom. The third-order valence-electron chi connectivity index (χ3n) is 4.56. The average Bonchev–Trinajstić information content (AvgIpc) is 3.32. The van der Waals surface area contributed by atoms with E-state index in [9.17, 15) is 8.78 Å². The van der Waals surface area contributed by atoms with Gasteiger partial charge in [-0.15, -0.1) is 5.10 Å². The molecule has 0 radical (unpaired) electrons. The number of nitrogens with one attached hydrogen (secondary N) is 1. The maximum absolute atomic E-state index is 13.7. The minimum Gasteiger partial charge on any atom is -0.269 e. The Kier molecular flexibility index (Phi) is 5.13. The SMILES string of the molecule is CCc1ccc(-c2nc(S[C@H](C)c3nc4ccccc4n3C(F)F)n[nH]2)cc1. The molecule has 1 N–H and O–H groups in total. The molecule has 0 amide bonds. The number of H-pyrrole nitrogens is 1. The largest absolute Gasteiger partial charge is 0.320 e. The van der Waals surface area contributed by atoms with E-state index in [0.717, 1.165) is 16.6 Å². The maximum atomic E-state index is 13.7. The minimum atomic E-state index is -2.66. The van der Waals surface area contributed by atoms with E-state index < -0.39 is 6.55 Å². The van der Waals surface area contributed by atoms with Crippen LogP contribution in [0.25, 0.3) is 22.4 Å². The molecule has 0 saturated carbocycles. The van der Waals surface area contributed by atoms with Gasteiger partial charge in [0.25, 0.3) is 0 Å². The number of aromatic nitrogens is 5. The molecule has 28 heavy (non-hydrogen) atoms. The van der Waals surface area contributed by atoms with Crippen molar-refractivity contribution in [2.75, 3.05) is 0 Å². The summed E-state index contributed by atoms with van der Waals surface area (Å²) in [5, 5.41) is 7.31. The molecule has 0 aliphatic heterocycles. The van der Waals surface area contributed by atoms with Crippen LogP contribution < -0.4 is 0 Å². The van der Waals surface area contributed by atoms with Gasteiger partial charge in [0, 0.05) is 5.56 Å². The summed E-state index contributed by atoms with van der Waals surface area (Å²) in [5.74, 6) is 0.958. The Bertz CT molecular complexity index is 1090. The van der Waals surface area contributed by atoms with Crippen LogP contribution in [0.5, 0.6) is 0 Å². The summed E-state index contributed by atoms with van der Waals surface area (Å²) in [4.78, 5) is 8.91. The second-order valence-corrected chi connectivity index (χ2v) is 7.69. The number of fused-ring (bicyclic) bond motifs is 1. The van der Waals surface area contributed by atoms with Crippen molar-refractivity contribution in [3.8, 4) is 11.4 Å². The number of alkyl halides is 2. The third-order valence-corrected chi connectivity index (χ3v) is 5.52. The molecule has 0 saturated heterocycles. The van der Waals surface area contributed by atoms with Gasteiger partial charge < -0.3 is 0 Å². The highest BCUT2D eigenvalue weighted by atomic mass is 32.2. The van der Waals surface area contributed by atoms with Crippen LogP contribution in [0.3, 0.4) is 0 Å². The molecule has 1 atom stereocenters. The average molecular weight is 399 g/mol. The summed E-state index contributed by atoms with van der Waals surface area (Å²) >= 11 is 1.30. The van der Waals surface area contributed by atoms with Crippen molar-refractivity contribution in [2.45, 2.75) is 37.2 Å². The normalized spacial score (nSPS) is 12.8. The van der Waals surface area contributed by atoms with E-state index in [1.54, 1.807) is 24.3 Å². The first-order chi connectivity index (χ1) is 13.6. The van der Waals surface area contributed by atoms with Crippen molar-refractivity contribution in [3.63, 3.8) is 0 Å². The summed E-state index contributed by atoms with van der Waals surface area (Å²) in [5.41, 5.74) is 3.16. The van der Waals surface area contributed by atoms with Crippen molar-refractivity contribution in [1.82, 2.24) is 24.7 Å². The molecule has 4 rings (SSSR count). The van der Waals surface area contributed by atoms with E-state index in [-0.39, 0.29) is 5.25 Å². The topological polar surface area (TPSA) is 59.4 Å². The standard InChI is InChI=1S/C20H19F2N5S/c1-3-13-8-10-14(11-9-13)17-24-20(26-25-17)28-12(2)18-23-15-6-4-5-7-16(15)27(18)19(21)22/h4-12,19H,3H2,1-2H3,(H,24,25,26)/t12-/m1/s1. The Morgan fingerprint density at radius 1 is 1.07 bits per heavy atom. The zero-order valence-corrected chi connectivity index (χ0v) is 16.3. The van der Waals surface area contributed by atoms with E-state index >= 15 is 0 Å². The highest BCUT2D eigenvalue weighted by molar-refractivity contribution is 7.99. The van der Waals surface area contributed by atoms with Gasteiger partial charge in [-0.2, -0.15) is 8.78 Å². The molecule has 0 fully saturated rings. The molecular formula is C20H19F2N5S. The molecule has 0 bridgehead atoms. The maximum Gasteiger partial charge on any atom is 0.320 e. The molecule has 0 aliphatic rings. The number of benzene rings is 2. The highest BCUT2D eigenvalue weighted by Gasteiger charge is 2.23. The van der Waals surface area contributed by atoms with Crippen molar-refractivity contribution >= 4 is 22.8 Å². The Labute approximate surface area is 165 Å². The fourth-order valence-corrected chi connectivity index (χ4v) is 3.92. The Morgan fingerprint density at radius 3 is 2.54 bits per heavy atom. The number of halogens is 2. The number of imidazole rings is 1. The molecule has 0 unspecified atom stereocenters. The van der Waals surface area contributed by atoms with Gasteiger partial charge in [-0.3, -0.25) is 9.67 Å². The van der Waals surface area contributed by atoms with E-state index in [1.165, 1.54) is 17.3 Å². The summed E-state index contributed by atoms with van der Waals surface area (Å²) in [6.07, 6.45) is 0.973. The monoisotopic (exact) mass is 399 g/mol.